The molecule has 8 nitrogen and oxygen atoms in total. The largest absolute Gasteiger partial charge is 0.444 e. The normalized spacial score (nSPS) is 14.5. The smallest absolute Gasteiger partial charge is 0.410 e. The summed E-state index contributed by atoms with van der Waals surface area (Å²) in [4.78, 5) is 35.8. The lowest BCUT2D eigenvalue weighted by atomic mass is 9.90. The Bertz CT molecular complexity index is 1200. The lowest BCUT2D eigenvalue weighted by Crippen LogP contribution is -2.41. The summed E-state index contributed by atoms with van der Waals surface area (Å²) in [5, 5.41) is 7.03. The van der Waals surface area contributed by atoms with Crippen molar-refractivity contribution in [2.75, 3.05) is 23.7 Å². The third kappa shape index (κ3) is 6.70. The molecule has 0 atom stereocenters. The molecule has 2 amide bonds. The standard InChI is InChI=1S/C25H28ClN5O3S/c1-25(2,3)34-24(33)31-12-9-16(10-13-31)17-8-11-27-21(14-17)30-23-28-15-20(35-23)22(32)29-19-7-5-4-6-18(19)26/h4-8,11,14-16H,9-10,12-13H2,1-3H3,(H,29,32)(H,27,28,30). The monoisotopic (exact) mass is 513 g/mol. The maximum atomic E-state index is 12.6. The van der Waals surface area contributed by atoms with Gasteiger partial charge in [0.1, 0.15) is 16.3 Å². The Kier molecular flexibility index (Phi) is 7.57. The molecule has 0 radical (unpaired) electrons. The van der Waals surface area contributed by atoms with Crippen LogP contribution in [0.1, 0.15) is 54.8 Å². The first-order valence-corrected chi connectivity index (χ1v) is 12.6. The van der Waals surface area contributed by atoms with E-state index in [4.69, 9.17) is 16.3 Å². The van der Waals surface area contributed by atoms with Crippen LogP contribution in [0.2, 0.25) is 5.02 Å². The fraction of sp³-hybridized carbons (Fsp3) is 0.360. The van der Waals surface area contributed by atoms with Gasteiger partial charge in [-0.1, -0.05) is 35.1 Å². The lowest BCUT2D eigenvalue weighted by Gasteiger charge is -2.33. The Morgan fingerprint density at radius 2 is 1.89 bits per heavy atom. The summed E-state index contributed by atoms with van der Waals surface area (Å²) in [7, 11) is 0. The molecule has 0 unspecified atom stereocenters. The van der Waals surface area contributed by atoms with Crippen molar-refractivity contribution < 1.29 is 14.3 Å². The van der Waals surface area contributed by atoms with Crippen molar-refractivity contribution in [3.8, 4) is 0 Å². The number of nitrogens with zero attached hydrogens (tertiary/aromatic N) is 3. The van der Waals surface area contributed by atoms with E-state index in [-0.39, 0.29) is 12.0 Å². The number of halogens is 1. The topological polar surface area (TPSA) is 96.4 Å². The number of amides is 2. The van der Waals surface area contributed by atoms with E-state index in [1.807, 2.05) is 32.9 Å². The fourth-order valence-electron chi connectivity index (χ4n) is 3.78. The second-order valence-corrected chi connectivity index (χ2v) is 10.7. The highest BCUT2D eigenvalue weighted by atomic mass is 35.5. The summed E-state index contributed by atoms with van der Waals surface area (Å²) in [5.74, 6) is 0.706. The van der Waals surface area contributed by atoms with Crippen LogP contribution in [-0.2, 0) is 4.74 Å². The van der Waals surface area contributed by atoms with Crippen molar-refractivity contribution in [1.29, 1.82) is 0 Å². The molecule has 3 heterocycles. The summed E-state index contributed by atoms with van der Waals surface area (Å²) in [6.45, 7) is 6.93. The highest BCUT2D eigenvalue weighted by Crippen LogP contribution is 2.31. The van der Waals surface area contributed by atoms with Crippen molar-refractivity contribution in [1.82, 2.24) is 14.9 Å². The predicted molar refractivity (Wildman–Crippen MR) is 139 cm³/mol. The summed E-state index contributed by atoms with van der Waals surface area (Å²) < 4.78 is 5.49. The van der Waals surface area contributed by atoms with Gasteiger partial charge in [0.25, 0.3) is 5.91 Å². The van der Waals surface area contributed by atoms with Crippen LogP contribution in [-0.4, -0.2) is 45.6 Å². The molecule has 0 aliphatic carbocycles. The molecule has 2 N–H and O–H groups in total. The number of rotatable bonds is 5. The van der Waals surface area contributed by atoms with Crippen LogP contribution in [0.3, 0.4) is 0 Å². The Morgan fingerprint density at radius 3 is 2.60 bits per heavy atom. The van der Waals surface area contributed by atoms with Crippen LogP contribution in [0.15, 0.2) is 48.8 Å². The second-order valence-electron chi connectivity index (χ2n) is 9.30. The molecule has 35 heavy (non-hydrogen) atoms. The van der Waals surface area contributed by atoms with Gasteiger partial charge in [0.2, 0.25) is 0 Å². The summed E-state index contributed by atoms with van der Waals surface area (Å²) >= 11 is 7.36. The van der Waals surface area contributed by atoms with E-state index in [0.717, 1.165) is 18.4 Å². The molecular formula is C25H28ClN5O3S. The van der Waals surface area contributed by atoms with E-state index in [9.17, 15) is 9.59 Å². The Hall–Kier alpha value is -3.17. The van der Waals surface area contributed by atoms with E-state index in [1.165, 1.54) is 17.5 Å². The third-order valence-electron chi connectivity index (χ3n) is 5.49. The molecule has 0 bridgehead atoms. The highest BCUT2D eigenvalue weighted by Gasteiger charge is 2.27. The fourth-order valence-corrected chi connectivity index (χ4v) is 4.69. The first-order valence-electron chi connectivity index (χ1n) is 11.4. The number of para-hydroxylation sites is 1. The predicted octanol–water partition coefficient (Wildman–Crippen LogP) is 6.30. The van der Waals surface area contributed by atoms with Gasteiger partial charge in [-0.3, -0.25) is 4.79 Å². The van der Waals surface area contributed by atoms with Gasteiger partial charge in [0, 0.05) is 19.3 Å². The van der Waals surface area contributed by atoms with E-state index >= 15 is 0 Å². The molecule has 1 saturated heterocycles. The van der Waals surface area contributed by atoms with Gasteiger partial charge in [-0.15, -0.1) is 0 Å². The minimum atomic E-state index is -0.495. The average molecular weight is 514 g/mol. The summed E-state index contributed by atoms with van der Waals surface area (Å²) in [6.07, 6.45) is 4.73. The molecule has 10 heteroatoms. The first kappa shape index (κ1) is 24.9. The maximum Gasteiger partial charge on any atom is 0.410 e. The number of carbonyl (C=O) groups excluding carboxylic acids is 2. The SMILES string of the molecule is CC(C)(C)OC(=O)N1CCC(c2ccnc(Nc3ncc(C(=O)Nc4ccccc4Cl)s3)c2)CC1. The van der Waals surface area contributed by atoms with Crippen LogP contribution in [0.4, 0.5) is 21.4 Å². The number of pyridine rings is 1. The van der Waals surface area contributed by atoms with E-state index in [1.54, 1.807) is 35.4 Å². The number of hydrogen-bond acceptors (Lipinski definition) is 7. The zero-order valence-electron chi connectivity index (χ0n) is 19.9. The van der Waals surface area contributed by atoms with Gasteiger partial charge in [0.15, 0.2) is 5.13 Å². The molecule has 1 fully saturated rings. The molecule has 1 aromatic carbocycles. The van der Waals surface area contributed by atoms with Gasteiger partial charge in [-0.05, 0) is 69.4 Å². The quantitative estimate of drug-likeness (QED) is 0.415. The van der Waals surface area contributed by atoms with Crippen molar-refractivity contribution >= 4 is 51.6 Å². The third-order valence-corrected chi connectivity index (χ3v) is 6.73. The van der Waals surface area contributed by atoms with Crippen LogP contribution in [0.25, 0.3) is 0 Å². The number of ether oxygens (including phenoxy) is 1. The minimum absolute atomic E-state index is 0.258. The highest BCUT2D eigenvalue weighted by molar-refractivity contribution is 7.17. The number of nitrogens with one attached hydrogen (secondary N) is 2. The van der Waals surface area contributed by atoms with Crippen LogP contribution in [0, 0.1) is 0 Å². The van der Waals surface area contributed by atoms with E-state index < -0.39 is 5.60 Å². The Labute approximate surface area is 213 Å². The molecule has 3 aromatic rings. The molecule has 2 aromatic heterocycles. The Morgan fingerprint density at radius 1 is 1.14 bits per heavy atom. The average Bonchev–Trinajstić information content (AvgIpc) is 3.28. The maximum absolute atomic E-state index is 12.6. The first-order chi connectivity index (χ1) is 16.7. The van der Waals surface area contributed by atoms with Gasteiger partial charge in [-0.25, -0.2) is 14.8 Å². The van der Waals surface area contributed by atoms with Crippen LogP contribution >= 0.6 is 22.9 Å². The number of benzene rings is 1. The molecule has 4 rings (SSSR count). The van der Waals surface area contributed by atoms with E-state index in [2.05, 4.69) is 20.6 Å². The number of carbonyl (C=O) groups is 2. The lowest BCUT2D eigenvalue weighted by molar-refractivity contribution is 0.0204. The van der Waals surface area contributed by atoms with Crippen LogP contribution in [0.5, 0.6) is 0 Å². The zero-order valence-corrected chi connectivity index (χ0v) is 21.4. The Balaban J connectivity index is 1.35. The number of thiazole rings is 1. The number of piperidine rings is 1. The van der Waals surface area contributed by atoms with E-state index in [0.29, 0.717) is 45.5 Å². The van der Waals surface area contributed by atoms with Crippen molar-refractivity contribution in [3.63, 3.8) is 0 Å². The van der Waals surface area contributed by atoms with Gasteiger partial charge in [0.05, 0.1) is 16.9 Å². The van der Waals surface area contributed by atoms with Gasteiger partial charge >= 0.3 is 6.09 Å². The minimum Gasteiger partial charge on any atom is -0.444 e. The zero-order chi connectivity index (χ0) is 25.0. The number of anilines is 3. The molecule has 1 aliphatic heterocycles. The number of likely N-dealkylation sites (tertiary alicyclic amines) is 1. The summed E-state index contributed by atoms with van der Waals surface area (Å²) in [5.41, 5.74) is 1.21. The van der Waals surface area contributed by atoms with Crippen molar-refractivity contribution in [2.45, 2.75) is 45.1 Å². The van der Waals surface area contributed by atoms with Gasteiger partial charge in [-0.2, -0.15) is 0 Å². The molecule has 0 spiro atoms. The van der Waals surface area contributed by atoms with Crippen LogP contribution < -0.4 is 10.6 Å². The van der Waals surface area contributed by atoms with Gasteiger partial charge < -0.3 is 20.3 Å². The molecule has 1 aliphatic rings. The number of aromatic nitrogens is 2. The second kappa shape index (κ2) is 10.6. The molecular weight excluding hydrogens is 486 g/mol. The molecule has 184 valence electrons. The molecule has 0 saturated carbocycles. The number of hydrogen-bond donors (Lipinski definition) is 2. The van der Waals surface area contributed by atoms with Crippen molar-refractivity contribution in [3.05, 3.63) is 64.3 Å². The van der Waals surface area contributed by atoms with Crippen molar-refractivity contribution in [2.24, 2.45) is 0 Å². The summed E-state index contributed by atoms with van der Waals surface area (Å²) in [6, 6.07) is 11.1.